The summed E-state index contributed by atoms with van der Waals surface area (Å²) in [6.45, 7) is 0.174. The van der Waals surface area contributed by atoms with Crippen molar-refractivity contribution >= 4 is 28.8 Å². The van der Waals surface area contributed by atoms with Gasteiger partial charge in [0.2, 0.25) is 5.91 Å². The fourth-order valence-electron chi connectivity index (χ4n) is 2.81. The maximum atomic E-state index is 13.9. The number of halogens is 1. The lowest BCUT2D eigenvalue weighted by molar-refractivity contribution is -0.117. The maximum absolute atomic E-state index is 13.9. The van der Waals surface area contributed by atoms with Crippen LogP contribution in [-0.4, -0.2) is 26.7 Å². The van der Waals surface area contributed by atoms with E-state index in [0.717, 1.165) is 12.8 Å². The van der Waals surface area contributed by atoms with Crippen LogP contribution in [-0.2, 0) is 11.3 Å². The monoisotopic (exact) mass is 421 g/mol. The molecule has 1 aromatic carbocycles. The molecule has 0 atom stereocenters. The van der Waals surface area contributed by atoms with Gasteiger partial charge in [-0.05, 0) is 25.0 Å². The van der Waals surface area contributed by atoms with Crippen molar-refractivity contribution in [2.45, 2.75) is 19.4 Å². The lowest BCUT2D eigenvalue weighted by Gasteiger charge is -2.11. The highest BCUT2D eigenvalue weighted by Gasteiger charge is 2.30. The number of anilines is 2. The standard InChI is InChI=1S/C21H20FN7O2/c22-14-4-2-1-3-13(14)10-25-17(16-7-8-31-29-16)9-15(23)20-26-11-18(19(24)28-20)27-21(30)12-5-6-12/h1-4,7-9,11-12,23,25H,5-6,10H2,(H,27,30)(H2,24,26,28)/b17-9-,23-15?. The van der Waals surface area contributed by atoms with E-state index in [9.17, 15) is 9.18 Å². The van der Waals surface area contributed by atoms with E-state index in [-0.39, 0.29) is 41.5 Å². The number of amides is 1. The molecule has 1 fully saturated rings. The van der Waals surface area contributed by atoms with Crippen LogP contribution in [0.25, 0.3) is 5.70 Å². The van der Waals surface area contributed by atoms with E-state index < -0.39 is 0 Å². The Kier molecular flexibility index (Phi) is 5.69. The van der Waals surface area contributed by atoms with Gasteiger partial charge < -0.3 is 20.9 Å². The molecule has 1 aliphatic rings. The molecule has 0 radical (unpaired) electrons. The Morgan fingerprint density at radius 1 is 1.32 bits per heavy atom. The minimum Gasteiger partial charge on any atom is -0.382 e. The number of nitrogens with one attached hydrogen (secondary N) is 3. The van der Waals surface area contributed by atoms with Gasteiger partial charge in [0, 0.05) is 24.1 Å². The van der Waals surface area contributed by atoms with Crippen LogP contribution in [0, 0.1) is 17.1 Å². The van der Waals surface area contributed by atoms with Gasteiger partial charge in [0.25, 0.3) is 0 Å². The largest absolute Gasteiger partial charge is 0.382 e. The lowest BCUT2D eigenvalue weighted by atomic mass is 10.2. The molecule has 0 bridgehead atoms. The number of hydrogen-bond acceptors (Lipinski definition) is 8. The molecule has 0 saturated heterocycles. The molecule has 1 saturated carbocycles. The molecule has 0 aliphatic heterocycles. The van der Waals surface area contributed by atoms with E-state index in [1.807, 2.05) is 0 Å². The molecule has 1 aliphatic carbocycles. The number of hydrogen-bond donors (Lipinski definition) is 4. The third-order valence-electron chi connectivity index (χ3n) is 4.69. The smallest absolute Gasteiger partial charge is 0.227 e. The average Bonchev–Trinajstić information content (AvgIpc) is 3.48. The number of aromatic nitrogens is 3. The first-order chi connectivity index (χ1) is 15.0. The number of allylic oxidation sites excluding steroid dienone is 1. The van der Waals surface area contributed by atoms with Crippen molar-refractivity contribution in [2.75, 3.05) is 11.1 Å². The molecular formula is C21H20FN7O2. The summed E-state index contributed by atoms with van der Waals surface area (Å²) in [6, 6.07) is 7.99. The van der Waals surface area contributed by atoms with Crippen molar-refractivity contribution in [1.82, 2.24) is 20.4 Å². The van der Waals surface area contributed by atoms with Crippen molar-refractivity contribution in [3.05, 3.63) is 71.8 Å². The number of carbonyl (C=O) groups excluding carboxylic acids is 1. The highest BCUT2D eigenvalue weighted by atomic mass is 19.1. The first-order valence-electron chi connectivity index (χ1n) is 9.63. The van der Waals surface area contributed by atoms with Gasteiger partial charge in [0.1, 0.15) is 29.2 Å². The summed E-state index contributed by atoms with van der Waals surface area (Å²) in [7, 11) is 0. The molecule has 0 unspecified atom stereocenters. The normalized spacial score (nSPS) is 13.6. The number of carbonyl (C=O) groups is 1. The highest BCUT2D eigenvalue weighted by molar-refractivity contribution is 6.08. The Hall–Kier alpha value is -4.08. The third-order valence-corrected chi connectivity index (χ3v) is 4.69. The molecule has 10 heteroatoms. The number of rotatable bonds is 8. The first kappa shape index (κ1) is 20.2. The van der Waals surface area contributed by atoms with E-state index in [1.54, 1.807) is 24.3 Å². The third kappa shape index (κ3) is 4.92. The fraction of sp³-hybridized carbons (Fsp3) is 0.190. The second kappa shape index (κ2) is 8.74. The van der Waals surface area contributed by atoms with Crippen molar-refractivity contribution in [3.8, 4) is 0 Å². The van der Waals surface area contributed by atoms with Crippen LogP contribution in [0.1, 0.15) is 29.9 Å². The number of nitrogens with zero attached hydrogens (tertiary/aromatic N) is 3. The second-order valence-electron chi connectivity index (χ2n) is 7.06. The van der Waals surface area contributed by atoms with E-state index in [4.69, 9.17) is 15.7 Å². The second-order valence-corrected chi connectivity index (χ2v) is 7.06. The average molecular weight is 421 g/mol. The van der Waals surface area contributed by atoms with Gasteiger partial charge in [-0.1, -0.05) is 23.4 Å². The van der Waals surface area contributed by atoms with E-state index in [2.05, 4.69) is 25.8 Å². The summed E-state index contributed by atoms with van der Waals surface area (Å²) < 4.78 is 18.8. The Labute approximate surface area is 177 Å². The fourth-order valence-corrected chi connectivity index (χ4v) is 2.81. The molecule has 9 nitrogen and oxygen atoms in total. The molecule has 4 rings (SSSR count). The summed E-state index contributed by atoms with van der Waals surface area (Å²) in [6.07, 6.45) is 5.96. The predicted octanol–water partition coefficient (Wildman–Crippen LogP) is 2.73. The van der Waals surface area contributed by atoms with Crippen LogP contribution in [0.3, 0.4) is 0 Å². The number of benzene rings is 1. The Bertz CT molecular complexity index is 1140. The van der Waals surface area contributed by atoms with Gasteiger partial charge in [-0.2, -0.15) is 0 Å². The first-order valence-corrected chi connectivity index (χ1v) is 9.63. The van der Waals surface area contributed by atoms with E-state index in [0.29, 0.717) is 22.6 Å². The van der Waals surface area contributed by atoms with Crippen LogP contribution in [0.15, 0.2) is 53.4 Å². The molecular weight excluding hydrogens is 401 g/mol. The van der Waals surface area contributed by atoms with Crippen LogP contribution in [0.5, 0.6) is 0 Å². The van der Waals surface area contributed by atoms with Crippen LogP contribution < -0.4 is 16.4 Å². The predicted molar refractivity (Wildman–Crippen MR) is 112 cm³/mol. The Morgan fingerprint density at radius 3 is 2.81 bits per heavy atom. The van der Waals surface area contributed by atoms with Gasteiger partial charge in [0.05, 0.1) is 11.9 Å². The summed E-state index contributed by atoms with van der Waals surface area (Å²) in [5, 5.41) is 18.0. The van der Waals surface area contributed by atoms with Gasteiger partial charge in [-0.3, -0.25) is 10.2 Å². The van der Waals surface area contributed by atoms with Gasteiger partial charge in [0.15, 0.2) is 11.6 Å². The van der Waals surface area contributed by atoms with Gasteiger partial charge in [-0.15, -0.1) is 0 Å². The molecule has 0 spiro atoms. The van der Waals surface area contributed by atoms with Crippen molar-refractivity contribution < 1.29 is 13.7 Å². The number of nitrogen functional groups attached to an aromatic ring is 1. The zero-order chi connectivity index (χ0) is 21.8. The minimum atomic E-state index is -0.343. The Balaban J connectivity index is 1.52. The highest BCUT2D eigenvalue weighted by Crippen LogP contribution is 2.30. The van der Waals surface area contributed by atoms with Crippen LogP contribution in [0.2, 0.25) is 0 Å². The van der Waals surface area contributed by atoms with Gasteiger partial charge >= 0.3 is 0 Å². The molecule has 2 heterocycles. The number of nitrogens with two attached hydrogens (primary N) is 1. The Morgan fingerprint density at radius 2 is 2.13 bits per heavy atom. The molecule has 2 aromatic heterocycles. The molecule has 158 valence electrons. The zero-order valence-electron chi connectivity index (χ0n) is 16.4. The van der Waals surface area contributed by atoms with Gasteiger partial charge in [-0.25, -0.2) is 14.4 Å². The van der Waals surface area contributed by atoms with Crippen molar-refractivity contribution in [1.29, 1.82) is 5.41 Å². The van der Waals surface area contributed by atoms with Crippen LogP contribution >= 0.6 is 0 Å². The minimum absolute atomic E-state index is 0.0193. The van der Waals surface area contributed by atoms with E-state index in [1.165, 1.54) is 24.6 Å². The van der Waals surface area contributed by atoms with Crippen molar-refractivity contribution in [2.24, 2.45) is 5.92 Å². The quantitative estimate of drug-likeness (QED) is 0.410. The topological polar surface area (TPSA) is 143 Å². The molecule has 3 aromatic rings. The maximum Gasteiger partial charge on any atom is 0.227 e. The summed E-state index contributed by atoms with van der Waals surface area (Å²) in [5.74, 6) is -0.297. The zero-order valence-corrected chi connectivity index (χ0v) is 16.4. The summed E-state index contributed by atoms with van der Waals surface area (Å²) in [5.41, 5.74) is 7.52. The SMILES string of the molecule is N=C(/C=C(\NCc1ccccc1F)c1ccon1)c1ncc(NC(=O)C2CC2)c(N)n1. The summed E-state index contributed by atoms with van der Waals surface area (Å²) >= 11 is 0. The van der Waals surface area contributed by atoms with Crippen LogP contribution in [0.4, 0.5) is 15.9 Å². The molecule has 5 N–H and O–H groups in total. The molecule has 1 amide bonds. The molecule has 31 heavy (non-hydrogen) atoms. The van der Waals surface area contributed by atoms with E-state index >= 15 is 0 Å². The lowest BCUT2D eigenvalue weighted by Crippen LogP contribution is -2.17. The van der Waals surface area contributed by atoms with Crippen molar-refractivity contribution in [3.63, 3.8) is 0 Å². The summed E-state index contributed by atoms with van der Waals surface area (Å²) in [4.78, 5) is 20.2.